The van der Waals surface area contributed by atoms with E-state index >= 15 is 0 Å². The topological polar surface area (TPSA) is 90.0 Å². The lowest BCUT2D eigenvalue weighted by molar-refractivity contribution is -0.130. The van der Waals surface area contributed by atoms with Crippen molar-refractivity contribution in [1.82, 2.24) is 9.80 Å². The van der Waals surface area contributed by atoms with Crippen LogP contribution in [-0.2, 0) is 4.79 Å². The number of carbonyl (C=O) groups is 1. The average molecular weight is 275 g/mol. The van der Waals surface area contributed by atoms with Gasteiger partial charge in [-0.2, -0.15) is 0 Å². The Labute approximate surface area is 112 Å². The molecule has 1 aliphatic rings. The molecule has 0 aromatic carbocycles. The number of carbonyl (C=O) groups excluding carboxylic acids is 1. The lowest BCUT2D eigenvalue weighted by Gasteiger charge is -2.19. The summed E-state index contributed by atoms with van der Waals surface area (Å²) < 4.78 is 0. The minimum atomic E-state index is -0.701. The van der Waals surface area contributed by atoms with Crippen LogP contribution in [0, 0.1) is 0 Å². The molecule has 2 atom stereocenters. The molecule has 6 nitrogen and oxygen atoms in total. The molecular formula is C11H21N3O3S. The molecule has 1 rings (SSSR count). The molecule has 4 N–H and O–H groups in total. The number of aliphatic hydroxyl groups excluding tert-OH is 2. The van der Waals surface area contributed by atoms with Crippen molar-refractivity contribution in [3.8, 4) is 0 Å². The normalized spacial score (nSPS) is 24.2. The fourth-order valence-electron chi connectivity index (χ4n) is 1.88. The van der Waals surface area contributed by atoms with Crippen molar-refractivity contribution in [2.45, 2.75) is 25.0 Å². The van der Waals surface area contributed by atoms with Gasteiger partial charge in [0.15, 0.2) is 0 Å². The maximum atomic E-state index is 11.8. The van der Waals surface area contributed by atoms with Gasteiger partial charge in [-0.1, -0.05) is 12.2 Å². The van der Waals surface area contributed by atoms with E-state index in [1.807, 2.05) is 4.90 Å². The summed E-state index contributed by atoms with van der Waals surface area (Å²) in [6.07, 6.45) is -0.508. The van der Waals surface area contributed by atoms with Gasteiger partial charge in [0.1, 0.15) is 0 Å². The Morgan fingerprint density at radius 3 is 2.44 bits per heavy atom. The van der Waals surface area contributed by atoms with Crippen LogP contribution >= 0.6 is 12.2 Å². The Kier molecular flexibility index (Phi) is 5.94. The third-order valence-electron chi connectivity index (χ3n) is 3.10. The van der Waals surface area contributed by atoms with Crippen molar-refractivity contribution < 1.29 is 15.0 Å². The van der Waals surface area contributed by atoms with Crippen molar-refractivity contribution in [3.05, 3.63) is 0 Å². The predicted molar refractivity (Wildman–Crippen MR) is 72.1 cm³/mol. The summed E-state index contributed by atoms with van der Waals surface area (Å²) in [5.74, 6) is 0.0159. The molecule has 7 heteroatoms. The van der Waals surface area contributed by atoms with Gasteiger partial charge in [0.05, 0.1) is 17.2 Å². The Balaban J connectivity index is 2.22. The van der Waals surface area contributed by atoms with Crippen molar-refractivity contribution in [2.24, 2.45) is 5.73 Å². The quantitative estimate of drug-likeness (QED) is 0.514. The lowest BCUT2D eigenvalue weighted by Crippen LogP contribution is -2.33. The summed E-state index contributed by atoms with van der Waals surface area (Å²) in [7, 11) is 1.72. The maximum absolute atomic E-state index is 11.8. The van der Waals surface area contributed by atoms with Crippen LogP contribution < -0.4 is 5.73 Å². The van der Waals surface area contributed by atoms with E-state index in [0.717, 1.165) is 0 Å². The van der Waals surface area contributed by atoms with E-state index in [4.69, 9.17) is 18.0 Å². The second-order valence-corrected chi connectivity index (χ2v) is 5.20. The molecule has 0 saturated carbocycles. The molecule has 104 valence electrons. The van der Waals surface area contributed by atoms with Crippen LogP contribution in [0.3, 0.4) is 0 Å². The van der Waals surface area contributed by atoms with E-state index < -0.39 is 12.2 Å². The molecule has 18 heavy (non-hydrogen) atoms. The van der Waals surface area contributed by atoms with E-state index in [9.17, 15) is 15.0 Å². The molecular weight excluding hydrogens is 254 g/mol. The van der Waals surface area contributed by atoms with Crippen LogP contribution in [0.4, 0.5) is 0 Å². The molecule has 0 aromatic heterocycles. The Hall–Kier alpha value is -0.760. The number of nitrogens with two attached hydrogens (primary N) is 1. The molecule has 0 aromatic rings. The minimum Gasteiger partial charge on any atom is -0.393 e. The number of likely N-dealkylation sites (tertiary alicyclic amines) is 1. The first kappa shape index (κ1) is 15.3. The number of rotatable bonds is 6. The fraction of sp³-hybridized carbons (Fsp3) is 0.818. The highest BCUT2D eigenvalue weighted by atomic mass is 32.1. The largest absolute Gasteiger partial charge is 0.393 e. The van der Waals surface area contributed by atoms with E-state index in [1.165, 1.54) is 0 Å². The van der Waals surface area contributed by atoms with E-state index in [-0.39, 0.29) is 5.91 Å². The highest BCUT2D eigenvalue weighted by Crippen LogP contribution is 2.10. The molecule has 1 amide bonds. The van der Waals surface area contributed by atoms with Crippen LogP contribution in [0.2, 0.25) is 0 Å². The van der Waals surface area contributed by atoms with Crippen LogP contribution in [0.15, 0.2) is 0 Å². The van der Waals surface area contributed by atoms with Crippen molar-refractivity contribution in [3.63, 3.8) is 0 Å². The summed E-state index contributed by atoms with van der Waals surface area (Å²) in [5, 5.41) is 18.7. The Morgan fingerprint density at radius 1 is 1.39 bits per heavy atom. The lowest BCUT2D eigenvalue weighted by atomic mass is 10.3. The fourth-order valence-corrected chi connectivity index (χ4v) is 1.97. The number of aliphatic hydroxyl groups is 2. The molecule has 0 spiro atoms. The molecule has 1 saturated heterocycles. The summed E-state index contributed by atoms with van der Waals surface area (Å²) in [6.45, 7) is 1.92. The highest BCUT2D eigenvalue weighted by molar-refractivity contribution is 7.80. The molecule has 1 heterocycles. The maximum Gasteiger partial charge on any atom is 0.223 e. The molecule has 0 bridgehead atoms. The van der Waals surface area contributed by atoms with Gasteiger partial charge in [-0.25, -0.2) is 0 Å². The second-order valence-electron chi connectivity index (χ2n) is 4.68. The van der Waals surface area contributed by atoms with Crippen LogP contribution in [0.1, 0.15) is 12.8 Å². The number of hydrogen-bond donors (Lipinski definition) is 3. The smallest absolute Gasteiger partial charge is 0.223 e. The van der Waals surface area contributed by atoms with Crippen LogP contribution in [0.5, 0.6) is 0 Å². The van der Waals surface area contributed by atoms with Crippen molar-refractivity contribution >= 4 is 23.1 Å². The van der Waals surface area contributed by atoms with Gasteiger partial charge in [0, 0.05) is 46.1 Å². The van der Waals surface area contributed by atoms with E-state index in [0.29, 0.717) is 44.0 Å². The number of hydrogen-bond acceptors (Lipinski definition) is 5. The van der Waals surface area contributed by atoms with Crippen molar-refractivity contribution in [1.29, 1.82) is 0 Å². The first-order valence-corrected chi connectivity index (χ1v) is 6.41. The van der Waals surface area contributed by atoms with Crippen LogP contribution in [0.25, 0.3) is 0 Å². The second kappa shape index (κ2) is 6.98. The summed E-state index contributed by atoms with van der Waals surface area (Å²) >= 11 is 4.75. The average Bonchev–Trinajstić information content (AvgIpc) is 2.62. The van der Waals surface area contributed by atoms with Crippen molar-refractivity contribution in [2.75, 3.05) is 33.2 Å². The summed E-state index contributed by atoms with van der Waals surface area (Å²) in [4.78, 5) is 15.7. The first-order chi connectivity index (χ1) is 8.40. The van der Waals surface area contributed by atoms with Gasteiger partial charge >= 0.3 is 0 Å². The zero-order valence-corrected chi connectivity index (χ0v) is 11.4. The van der Waals surface area contributed by atoms with E-state index in [1.54, 1.807) is 11.9 Å². The van der Waals surface area contributed by atoms with Gasteiger partial charge in [-0.15, -0.1) is 0 Å². The third kappa shape index (κ3) is 4.85. The van der Waals surface area contributed by atoms with Gasteiger partial charge in [-0.3, -0.25) is 9.69 Å². The van der Waals surface area contributed by atoms with E-state index in [2.05, 4.69) is 0 Å². The predicted octanol–water partition coefficient (Wildman–Crippen LogP) is -1.45. The van der Waals surface area contributed by atoms with Gasteiger partial charge in [0.2, 0.25) is 5.91 Å². The summed E-state index contributed by atoms with van der Waals surface area (Å²) in [6, 6.07) is 0. The zero-order chi connectivity index (χ0) is 13.7. The number of amides is 1. The minimum absolute atomic E-state index is 0.0159. The standard InChI is InChI=1S/C11H21N3O3S/c1-13(4-2-10(12)18)11(17)3-5-14-6-8(15)9(16)7-14/h8-9,15-16H,2-7H2,1H3,(H2,12,18). The van der Waals surface area contributed by atoms with Crippen LogP contribution in [-0.4, -0.2) is 76.3 Å². The van der Waals surface area contributed by atoms with Gasteiger partial charge in [0.25, 0.3) is 0 Å². The SMILES string of the molecule is CN(CCC(N)=S)C(=O)CCN1CC(O)C(O)C1. The molecule has 2 unspecified atom stereocenters. The number of nitrogens with zero attached hydrogens (tertiary/aromatic N) is 2. The zero-order valence-electron chi connectivity index (χ0n) is 10.6. The number of β-amino-alcohol motifs (C(OH)–C–C–N with tert-alkyl or cyclic N) is 2. The molecule has 0 radical (unpaired) electrons. The molecule has 1 aliphatic heterocycles. The number of thiocarbonyl (C=S) groups is 1. The first-order valence-electron chi connectivity index (χ1n) is 6.01. The third-order valence-corrected chi connectivity index (χ3v) is 3.30. The molecule has 0 aliphatic carbocycles. The van der Waals surface area contributed by atoms with Gasteiger partial charge < -0.3 is 20.8 Å². The molecule has 1 fully saturated rings. The monoisotopic (exact) mass is 275 g/mol. The Bertz CT molecular complexity index is 304. The highest BCUT2D eigenvalue weighted by Gasteiger charge is 2.29. The van der Waals surface area contributed by atoms with Gasteiger partial charge in [-0.05, 0) is 0 Å². The summed E-state index contributed by atoms with van der Waals surface area (Å²) in [5.41, 5.74) is 5.37. The Morgan fingerprint density at radius 2 is 1.94 bits per heavy atom.